The number of rotatable bonds is 3. The van der Waals surface area contributed by atoms with E-state index in [0.29, 0.717) is 16.5 Å². The maximum absolute atomic E-state index is 6.37. The topological polar surface area (TPSA) is 13.1 Å². The molecule has 6 heteroatoms. The highest BCUT2D eigenvalue weighted by Gasteiger charge is 2.27. The summed E-state index contributed by atoms with van der Waals surface area (Å²) in [5.74, 6) is 0.866. The van der Waals surface area contributed by atoms with Crippen molar-refractivity contribution < 1.29 is 4.42 Å². The second-order valence-electron chi connectivity index (χ2n) is 8.36. The van der Waals surface area contributed by atoms with E-state index in [1.807, 2.05) is 25.1 Å². The highest BCUT2D eigenvalue weighted by Crippen LogP contribution is 2.40. The Morgan fingerprint density at radius 2 is 1.45 bits per heavy atom. The van der Waals surface area contributed by atoms with Crippen LogP contribution < -0.4 is 27.3 Å². The third-order valence-electron chi connectivity index (χ3n) is 5.38. The first-order chi connectivity index (χ1) is 13.5. The maximum atomic E-state index is 6.37. The summed E-state index contributed by atoms with van der Waals surface area (Å²) in [6, 6.07) is 4.07. The standard InChI is InChI=1S/C23H21B5O/c1-6-8-14-11(7-2)12-9-10-13(16(22(12)29-14)23(3,4)5)15-17(24)19(26)21(28)20(27)18(15)25/h6,8-10H,7H2,1-5H3/b8-6-. The Hall–Kier alpha value is -1.96. The first-order valence-electron chi connectivity index (χ1n) is 9.77. The zero-order valence-electron chi connectivity index (χ0n) is 17.8. The fourth-order valence-corrected chi connectivity index (χ4v) is 3.97. The lowest BCUT2D eigenvalue weighted by atomic mass is 9.59. The molecule has 10 radical (unpaired) electrons. The lowest BCUT2D eigenvalue weighted by molar-refractivity contribution is 0.554. The smallest absolute Gasteiger partial charge is 0.139 e. The highest BCUT2D eigenvalue weighted by atomic mass is 16.3. The predicted octanol–water partition coefficient (Wildman–Crippen LogP) is 0.962. The van der Waals surface area contributed by atoms with Gasteiger partial charge in [0.25, 0.3) is 0 Å². The van der Waals surface area contributed by atoms with Crippen molar-refractivity contribution in [1.29, 1.82) is 0 Å². The van der Waals surface area contributed by atoms with Gasteiger partial charge in [-0.2, -0.15) is 0 Å². The lowest BCUT2D eigenvalue weighted by Gasteiger charge is -2.28. The van der Waals surface area contributed by atoms with Gasteiger partial charge >= 0.3 is 0 Å². The van der Waals surface area contributed by atoms with Crippen LogP contribution >= 0.6 is 0 Å². The molecule has 1 nitrogen and oxygen atoms in total. The van der Waals surface area contributed by atoms with E-state index in [4.69, 9.17) is 43.6 Å². The van der Waals surface area contributed by atoms with Crippen LogP contribution in [0.5, 0.6) is 0 Å². The molecule has 3 aromatic rings. The fourth-order valence-electron chi connectivity index (χ4n) is 3.97. The molecule has 0 saturated carbocycles. The quantitative estimate of drug-likeness (QED) is 0.629. The number of fused-ring (bicyclic) bond motifs is 1. The largest absolute Gasteiger partial charge is 0.456 e. The van der Waals surface area contributed by atoms with E-state index in [1.54, 1.807) is 0 Å². The minimum atomic E-state index is -0.255. The van der Waals surface area contributed by atoms with Crippen molar-refractivity contribution in [1.82, 2.24) is 0 Å². The third kappa shape index (κ3) is 3.45. The summed E-state index contributed by atoms with van der Waals surface area (Å²) in [5, 5.41) is 1.09. The van der Waals surface area contributed by atoms with Crippen LogP contribution in [-0.2, 0) is 11.8 Å². The molecule has 1 aromatic heterocycles. The van der Waals surface area contributed by atoms with Gasteiger partial charge in [-0.05, 0) is 36.0 Å². The number of allylic oxidation sites excluding steroid dienone is 1. The third-order valence-corrected chi connectivity index (χ3v) is 5.38. The summed E-state index contributed by atoms with van der Waals surface area (Å²) < 4.78 is 6.36. The monoisotopic (exact) mass is 368 g/mol. The summed E-state index contributed by atoms with van der Waals surface area (Å²) in [6.07, 6.45) is 4.83. The molecular formula is C23H21B5O. The van der Waals surface area contributed by atoms with Crippen LogP contribution in [0.15, 0.2) is 22.6 Å². The highest BCUT2D eigenvalue weighted by molar-refractivity contribution is 6.68. The molecule has 0 unspecified atom stereocenters. The molecule has 0 spiro atoms. The summed E-state index contributed by atoms with van der Waals surface area (Å²) in [4.78, 5) is 0. The molecule has 0 aliphatic rings. The molecule has 0 saturated heterocycles. The average molecular weight is 367 g/mol. The Kier molecular flexibility index (Phi) is 5.78. The Morgan fingerprint density at radius 3 is 1.93 bits per heavy atom. The van der Waals surface area contributed by atoms with Gasteiger partial charge in [0.05, 0.1) is 0 Å². The number of furan rings is 1. The van der Waals surface area contributed by atoms with E-state index < -0.39 is 0 Å². The molecule has 0 aliphatic carbocycles. The molecule has 3 rings (SSSR count). The van der Waals surface area contributed by atoms with Crippen molar-refractivity contribution in [3.63, 3.8) is 0 Å². The van der Waals surface area contributed by atoms with Crippen molar-refractivity contribution in [2.45, 2.75) is 46.5 Å². The SMILES string of the molecule is [B]c1c([B])c([B])c(-c2ccc3c(CC)c(/C=C\C)oc3c2C(C)(C)C)c([B])c1[B]. The summed E-state index contributed by atoms with van der Waals surface area (Å²) in [7, 11) is 31.0. The van der Waals surface area contributed by atoms with Crippen molar-refractivity contribution in [2.75, 3.05) is 0 Å². The van der Waals surface area contributed by atoms with Crippen molar-refractivity contribution in [3.05, 3.63) is 35.1 Å². The van der Waals surface area contributed by atoms with E-state index in [-0.39, 0.29) is 21.8 Å². The van der Waals surface area contributed by atoms with Gasteiger partial charge in [-0.1, -0.05) is 56.8 Å². The Morgan fingerprint density at radius 1 is 0.897 bits per heavy atom. The van der Waals surface area contributed by atoms with E-state index in [0.717, 1.165) is 34.3 Å². The molecule has 2 aromatic carbocycles. The van der Waals surface area contributed by atoms with Crippen LogP contribution in [0.3, 0.4) is 0 Å². The fraction of sp³-hybridized carbons (Fsp3) is 0.304. The van der Waals surface area contributed by atoms with Crippen molar-refractivity contribution in [3.8, 4) is 11.1 Å². The normalized spacial score (nSPS) is 12.3. The number of benzene rings is 2. The van der Waals surface area contributed by atoms with Gasteiger partial charge in [-0.15, -0.1) is 16.4 Å². The molecule has 0 aliphatic heterocycles. The first kappa shape index (κ1) is 21.7. The number of hydrogen-bond acceptors (Lipinski definition) is 1. The van der Waals surface area contributed by atoms with E-state index >= 15 is 0 Å². The van der Waals surface area contributed by atoms with Crippen LogP contribution in [0.4, 0.5) is 0 Å². The zero-order chi connectivity index (χ0) is 21.7. The summed E-state index contributed by atoms with van der Waals surface area (Å²) >= 11 is 0. The van der Waals surface area contributed by atoms with Crippen molar-refractivity contribution in [2.24, 2.45) is 0 Å². The van der Waals surface area contributed by atoms with Gasteiger partial charge in [0, 0.05) is 16.5 Å². The van der Waals surface area contributed by atoms with E-state index in [2.05, 4.69) is 33.8 Å². The molecule has 0 fully saturated rings. The maximum Gasteiger partial charge on any atom is 0.139 e. The van der Waals surface area contributed by atoms with E-state index in [1.165, 1.54) is 5.56 Å². The summed E-state index contributed by atoms with van der Waals surface area (Å²) in [6.45, 7) is 10.5. The van der Waals surface area contributed by atoms with Gasteiger partial charge in [0.2, 0.25) is 0 Å². The van der Waals surface area contributed by atoms with Gasteiger partial charge in [-0.3, -0.25) is 0 Å². The Labute approximate surface area is 180 Å². The minimum Gasteiger partial charge on any atom is -0.456 e. The van der Waals surface area contributed by atoms with Gasteiger partial charge in [-0.25, -0.2) is 0 Å². The second kappa shape index (κ2) is 7.71. The van der Waals surface area contributed by atoms with Crippen LogP contribution in [-0.4, -0.2) is 39.2 Å². The first-order valence-corrected chi connectivity index (χ1v) is 9.77. The van der Waals surface area contributed by atoms with Crippen LogP contribution in [0.1, 0.15) is 51.5 Å². The zero-order valence-corrected chi connectivity index (χ0v) is 17.8. The van der Waals surface area contributed by atoms with Gasteiger partial charge < -0.3 is 4.42 Å². The lowest BCUT2D eigenvalue weighted by Crippen LogP contribution is -2.55. The van der Waals surface area contributed by atoms with Crippen LogP contribution in [0.2, 0.25) is 0 Å². The Bertz CT molecular complexity index is 1100. The second-order valence-corrected chi connectivity index (χ2v) is 8.36. The van der Waals surface area contributed by atoms with Crippen LogP contribution in [0.25, 0.3) is 28.2 Å². The molecule has 0 N–H and O–H groups in total. The van der Waals surface area contributed by atoms with E-state index in [9.17, 15) is 0 Å². The molecular weight excluding hydrogens is 346 g/mol. The average Bonchev–Trinajstić information content (AvgIpc) is 3.01. The molecule has 134 valence electrons. The molecule has 1 heterocycles. The molecule has 0 atom stereocenters. The number of aryl methyl sites for hydroxylation is 1. The van der Waals surface area contributed by atoms with Gasteiger partial charge in [0.15, 0.2) is 0 Å². The molecule has 0 bridgehead atoms. The van der Waals surface area contributed by atoms with Crippen molar-refractivity contribution >= 4 is 83.6 Å². The molecule has 29 heavy (non-hydrogen) atoms. The molecule has 0 amide bonds. The van der Waals surface area contributed by atoms with Crippen LogP contribution in [0, 0.1) is 0 Å². The number of hydrogen-bond donors (Lipinski definition) is 0. The Balaban J connectivity index is 2.52. The summed E-state index contributed by atoms with van der Waals surface area (Å²) in [5.41, 5.74) is 5.56. The predicted molar refractivity (Wildman–Crippen MR) is 131 cm³/mol. The minimum absolute atomic E-state index is 0.212. The van der Waals surface area contributed by atoms with Gasteiger partial charge in [0.1, 0.15) is 50.6 Å².